The third-order valence-corrected chi connectivity index (χ3v) is 2.34. The molecule has 0 bridgehead atoms. The Hall–Kier alpha value is -0.520. The van der Waals surface area contributed by atoms with Crippen molar-refractivity contribution in [3.05, 3.63) is 0 Å². The predicted molar refractivity (Wildman–Crippen MR) is 61.0 cm³/mol. The summed E-state index contributed by atoms with van der Waals surface area (Å²) < 4.78 is 0. The van der Waals surface area contributed by atoms with Gasteiger partial charge in [-0.15, -0.1) is 12.3 Å². The lowest BCUT2D eigenvalue weighted by Crippen LogP contribution is -2.24. The minimum Gasteiger partial charge on any atom is -0.396 e. The van der Waals surface area contributed by atoms with Gasteiger partial charge >= 0.3 is 0 Å². The third kappa shape index (κ3) is 8.10. The second kappa shape index (κ2) is 10.6. The van der Waals surface area contributed by atoms with Crippen LogP contribution in [0.2, 0.25) is 0 Å². The first kappa shape index (κ1) is 13.5. The SMILES string of the molecule is C#CCCCNCC(CCC)CCO. The standard InChI is InChI=1S/C12H23NO/c1-3-5-6-9-13-11-12(7-4-2)8-10-14/h1,12-14H,4-11H2,2H3. The van der Waals surface area contributed by atoms with Crippen molar-refractivity contribution in [3.63, 3.8) is 0 Å². The molecule has 0 aliphatic rings. The first-order valence-electron chi connectivity index (χ1n) is 5.60. The highest BCUT2D eigenvalue weighted by Crippen LogP contribution is 2.09. The minimum atomic E-state index is 0.302. The molecule has 2 N–H and O–H groups in total. The smallest absolute Gasteiger partial charge is 0.0434 e. The fourth-order valence-corrected chi connectivity index (χ4v) is 1.56. The van der Waals surface area contributed by atoms with Crippen LogP contribution in [0.15, 0.2) is 0 Å². The van der Waals surface area contributed by atoms with E-state index in [0.29, 0.717) is 12.5 Å². The van der Waals surface area contributed by atoms with Crippen molar-refractivity contribution in [1.29, 1.82) is 0 Å². The van der Waals surface area contributed by atoms with Crippen LogP contribution >= 0.6 is 0 Å². The first-order chi connectivity index (χ1) is 6.85. The Kier molecular flexibility index (Phi) is 10.2. The molecule has 0 fully saturated rings. The number of terminal acetylenes is 1. The van der Waals surface area contributed by atoms with Crippen molar-refractivity contribution in [1.82, 2.24) is 5.32 Å². The second-order valence-electron chi connectivity index (χ2n) is 3.68. The number of rotatable bonds is 9. The Morgan fingerprint density at radius 3 is 2.79 bits per heavy atom. The van der Waals surface area contributed by atoms with Crippen LogP contribution in [0.3, 0.4) is 0 Å². The molecule has 2 nitrogen and oxygen atoms in total. The minimum absolute atomic E-state index is 0.302. The van der Waals surface area contributed by atoms with E-state index in [0.717, 1.165) is 32.4 Å². The first-order valence-corrected chi connectivity index (χ1v) is 5.60. The van der Waals surface area contributed by atoms with Crippen LogP contribution in [0.25, 0.3) is 0 Å². The number of aliphatic hydroxyl groups excluding tert-OH is 1. The molecule has 2 heteroatoms. The van der Waals surface area contributed by atoms with E-state index in [4.69, 9.17) is 11.5 Å². The van der Waals surface area contributed by atoms with Crippen molar-refractivity contribution >= 4 is 0 Å². The number of aliphatic hydroxyl groups is 1. The van der Waals surface area contributed by atoms with E-state index in [2.05, 4.69) is 18.2 Å². The zero-order valence-electron chi connectivity index (χ0n) is 9.26. The monoisotopic (exact) mass is 197 g/mol. The summed E-state index contributed by atoms with van der Waals surface area (Å²) in [6, 6.07) is 0. The summed E-state index contributed by atoms with van der Waals surface area (Å²) in [4.78, 5) is 0. The van der Waals surface area contributed by atoms with E-state index in [1.807, 2.05) is 0 Å². The third-order valence-electron chi connectivity index (χ3n) is 2.34. The lowest BCUT2D eigenvalue weighted by molar-refractivity contribution is 0.248. The van der Waals surface area contributed by atoms with Gasteiger partial charge in [0, 0.05) is 13.0 Å². The summed E-state index contributed by atoms with van der Waals surface area (Å²) in [6.07, 6.45) is 10.4. The van der Waals surface area contributed by atoms with Gasteiger partial charge in [0.15, 0.2) is 0 Å². The maximum absolute atomic E-state index is 8.85. The lowest BCUT2D eigenvalue weighted by atomic mass is 10.0. The van der Waals surface area contributed by atoms with Gasteiger partial charge in [-0.1, -0.05) is 13.3 Å². The normalized spacial score (nSPS) is 12.4. The Morgan fingerprint density at radius 1 is 1.43 bits per heavy atom. The Bertz CT molecular complexity index is 145. The zero-order chi connectivity index (χ0) is 10.6. The maximum Gasteiger partial charge on any atom is 0.0434 e. The van der Waals surface area contributed by atoms with Gasteiger partial charge in [0.2, 0.25) is 0 Å². The van der Waals surface area contributed by atoms with E-state index in [1.165, 1.54) is 12.8 Å². The van der Waals surface area contributed by atoms with Gasteiger partial charge in [-0.3, -0.25) is 0 Å². The molecule has 82 valence electrons. The van der Waals surface area contributed by atoms with Gasteiger partial charge in [-0.25, -0.2) is 0 Å². The molecule has 0 saturated carbocycles. The fourth-order valence-electron chi connectivity index (χ4n) is 1.56. The Morgan fingerprint density at radius 2 is 2.21 bits per heavy atom. The lowest BCUT2D eigenvalue weighted by Gasteiger charge is -2.15. The van der Waals surface area contributed by atoms with Crippen LogP contribution in [-0.4, -0.2) is 24.8 Å². The molecule has 0 aliphatic carbocycles. The highest BCUT2D eigenvalue weighted by Gasteiger charge is 2.05. The molecular weight excluding hydrogens is 174 g/mol. The van der Waals surface area contributed by atoms with Crippen molar-refractivity contribution in [2.24, 2.45) is 5.92 Å². The molecule has 0 spiro atoms. The maximum atomic E-state index is 8.85. The van der Waals surface area contributed by atoms with Gasteiger partial charge in [0.05, 0.1) is 0 Å². The number of unbranched alkanes of at least 4 members (excludes halogenated alkanes) is 1. The van der Waals surface area contributed by atoms with Crippen LogP contribution in [0.4, 0.5) is 0 Å². The predicted octanol–water partition coefficient (Wildman–Crippen LogP) is 1.79. The summed E-state index contributed by atoms with van der Waals surface area (Å²) in [6.45, 7) is 4.49. The molecule has 14 heavy (non-hydrogen) atoms. The summed E-state index contributed by atoms with van der Waals surface area (Å²) in [5.74, 6) is 3.25. The number of hydrogen-bond donors (Lipinski definition) is 2. The molecule has 0 aromatic heterocycles. The highest BCUT2D eigenvalue weighted by atomic mass is 16.3. The molecule has 0 aromatic rings. The molecular formula is C12H23NO. The van der Waals surface area contributed by atoms with Crippen molar-refractivity contribution in [2.75, 3.05) is 19.7 Å². The van der Waals surface area contributed by atoms with Crippen molar-refractivity contribution in [2.45, 2.75) is 39.0 Å². The van der Waals surface area contributed by atoms with E-state index >= 15 is 0 Å². The molecule has 0 radical (unpaired) electrons. The van der Waals surface area contributed by atoms with Crippen LogP contribution in [0, 0.1) is 18.3 Å². The Labute approximate surface area is 88.1 Å². The van der Waals surface area contributed by atoms with Gasteiger partial charge in [-0.2, -0.15) is 0 Å². The van der Waals surface area contributed by atoms with E-state index in [-0.39, 0.29) is 0 Å². The van der Waals surface area contributed by atoms with Gasteiger partial charge < -0.3 is 10.4 Å². The van der Waals surface area contributed by atoms with Crippen LogP contribution < -0.4 is 5.32 Å². The molecule has 0 aromatic carbocycles. The van der Waals surface area contributed by atoms with E-state index in [9.17, 15) is 0 Å². The quantitative estimate of drug-likeness (QED) is 0.436. The largest absolute Gasteiger partial charge is 0.396 e. The topological polar surface area (TPSA) is 32.3 Å². The van der Waals surface area contributed by atoms with Crippen LogP contribution in [0.5, 0.6) is 0 Å². The molecule has 0 amide bonds. The molecule has 0 heterocycles. The van der Waals surface area contributed by atoms with E-state index in [1.54, 1.807) is 0 Å². The van der Waals surface area contributed by atoms with Gasteiger partial charge in [0.1, 0.15) is 0 Å². The van der Waals surface area contributed by atoms with Crippen molar-refractivity contribution in [3.8, 4) is 12.3 Å². The van der Waals surface area contributed by atoms with Crippen LogP contribution in [0.1, 0.15) is 39.0 Å². The summed E-state index contributed by atoms with van der Waals surface area (Å²) in [5, 5.41) is 12.2. The highest BCUT2D eigenvalue weighted by molar-refractivity contribution is 4.83. The fraction of sp³-hybridized carbons (Fsp3) is 0.833. The summed E-state index contributed by atoms with van der Waals surface area (Å²) in [5.41, 5.74) is 0. The van der Waals surface area contributed by atoms with Gasteiger partial charge in [-0.05, 0) is 38.3 Å². The number of nitrogens with one attached hydrogen (secondary N) is 1. The second-order valence-corrected chi connectivity index (χ2v) is 3.68. The average Bonchev–Trinajstić information content (AvgIpc) is 2.18. The molecule has 0 aliphatic heterocycles. The Balaban J connectivity index is 3.36. The zero-order valence-corrected chi connectivity index (χ0v) is 9.26. The molecule has 0 saturated heterocycles. The van der Waals surface area contributed by atoms with Crippen molar-refractivity contribution < 1.29 is 5.11 Å². The summed E-state index contributed by atoms with van der Waals surface area (Å²) >= 11 is 0. The molecule has 1 unspecified atom stereocenters. The molecule has 1 atom stereocenters. The van der Waals surface area contributed by atoms with Gasteiger partial charge in [0.25, 0.3) is 0 Å². The number of hydrogen-bond acceptors (Lipinski definition) is 2. The average molecular weight is 197 g/mol. The van der Waals surface area contributed by atoms with Crippen LogP contribution in [-0.2, 0) is 0 Å². The molecule has 0 rings (SSSR count). The van der Waals surface area contributed by atoms with E-state index < -0.39 is 0 Å². The summed E-state index contributed by atoms with van der Waals surface area (Å²) in [7, 11) is 0.